The molecule has 0 heterocycles. The van der Waals surface area contributed by atoms with Crippen LogP contribution in [0.25, 0.3) is 0 Å². The summed E-state index contributed by atoms with van der Waals surface area (Å²) in [7, 11) is 4.75. The van der Waals surface area contributed by atoms with Gasteiger partial charge in [-0.1, -0.05) is 46.6 Å². The molecule has 0 saturated heterocycles. The standard InChI is InChI=1S/C29H45NO4/c1-22(2)12-9-13-23(3)14-10-15-24(4)16-11-17-25(5)18-19-30-34-26-20-27(31-6)29(33-8)28(21-26)32-7/h12,14,16,18,20-21,30H,9-11,13,15,17,19H2,1-8H3/b23-14+,24-16+,25-18+. The zero-order valence-corrected chi connectivity index (χ0v) is 22.5. The van der Waals surface area contributed by atoms with Crippen molar-refractivity contribution < 1.29 is 19.0 Å². The summed E-state index contributed by atoms with van der Waals surface area (Å²) in [5.41, 5.74) is 8.67. The Hall–Kier alpha value is -2.66. The van der Waals surface area contributed by atoms with Gasteiger partial charge in [-0.05, 0) is 73.1 Å². The number of nitrogens with one attached hydrogen (secondary N) is 1. The minimum Gasteiger partial charge on any atom is -0.493 e. The fourth-order valence-corrected chi connectivity index (χ4v) is 3.44. The summed E-state index contributed by atoms with van der Waals surface area (Å²) >= 11 is 0. The van der Waals surface area contributed by atoms with E-state index in [4.69, 9.17) is 19.0 Å². The van der Waals surface area contributed by atoms with Crippen LogP contribution in [0.3, 0.4) is 0 Å². The predicted molar refractivity (Wildman–Crippen MR) is 143 cm³/mol. The monoisotopic (exact) mass is 471 g/mol. The van der Waals surface area contributed by atoms with Crippen LogP contribution >= 0.6 is 0 Å². The van der Waals surface area contributed by atoms with Gasteiger partial charge in [0.15, 0.2) is 17.2 Å². The van der Waals surface area contributed by atoms with E-state index in [9.17, 15) is 0 Å². The first kappa shape index (κ1) is 29.4. The van der Waals surface area contributed by atoms with E-state index in [1.54, 1.807) is 33.5 Å². The minimum atomic E-state index is 0.544. The Morgan fingerprint density at radius 2 is 1.15 bits per heavy atom. The van der Waals surface area contributed by atoms with Crippen molar-refractivity contribution in [3.63, 3.8) is 0 Å². The third-order valence-corrected chi connectivity index (χ3v) is 5.52. The van der Waals surface area contributed by atoms with Gasteiger partial charge in [-0.3, -0.25) is 0 Å². The highest BCUT2D eigenvalue weighted by molar-refractivity contribution is 5.55. The van der Waals surface area contributed by atoms with Crippen molar-refractivity contribution >= 4 is 0 Å². The van der Waals surface area contributed by atoms with Crippen LogP contribution in [-0.4, -0.2) is 27.9 Å². The van der Waals surface area contributed by atoms with Gasteiger partial charge in [0, 0.05) is 18.7 Å². The molecule has 0 fully saturated rings. The highest BCUT2D eigenvalue weighted by atomic mass is 16.6. The van der Waals surface area contributed by atoms with E-state index < -0.39 is 0 Å². The van der Waals surface area contributed by atoms with E-state index >= 15 is 0 Å². The number of hydrogen-bond acceptors (Lipinski definition) is 5. The lowest BCUT2D eigenvalue weighted by Gasteiger charge is -2.14. The predicted octanol–water partition coefficient (Wildman–Crippen LogP) is 7.74. The van der Waals surface area contributed by atoms with Crippen molar-refractivity contribution in [2.24, 2.45) is 0 Å². The molecule has 1 aromatic carbocycles. The lowest BCUT2D eigenvalue weighted by molar-refractivity contribution is 0.205. The van der Waals surface area contributed by atoms with Crippen LogP contribution in [0.1, 0.15) is 73.1 Å². The summed E-state index contributed by atoms with van der Waals surface area (Å²) in [4.78, 5) is 5.65. The smallest absolute Gasteiger partial charge is 0.203 e. The van der Waals surface area contributed by atoms with Crippen molar-refractivity contribution in [3.8, 4) is 23.0 Å². The third kappa shape index (κ3) is 12.0. The summed E-state index contributed by atoms with van der Waals surface area (Å²) in [6.45, 7) is 11.6. The largest absolute Gasteiger partial charge is 0.493 e. The molecular weight excluding hydrogens is 426 g/mol. The summed E-state index contributed by atoms with van der Waals surface area (Å²) in [6.07, 6.45) is 15.9. The van der Waals surface area contributed by atoms with Gasteiger partial charge in [0.25, 0.3) is 0 Å². The molecule has 0 aliphatic rings. The first-order valence-corrected chi connectivity index (χ1v) is 12.1. The lowest BCUT2D eigenvalue weighted by Crippen LogP contribution is -2.18. The van der Waals surface area contributed by atoms with Crippen molar-refractivity contribution in [3.05, 3.63) is 58.7 Å². The molecule has 0 amide bonds. The Morgan fingerprint density at radius 1 is 0.676 bits per heavy atom. The van der Waals surface area contributed by atoms with Gasteiger partial charge in [0.2, 0.25) is 5.75 Å². The number of hydrogen-bond donors (Lipinski definition) is 1. The maximum Gasteiger partial charge on any atom is 0.203 e. The van der Waals surface area contributed by atoms with Gasteiger partial charge in [0.1, 0.15) is 0 Å². The van der Waals surface area contributed by atoms with Gasteiger partial charge < -0.3 is 19.0 Å². The second kappa shape index (κ2) is 16.9. The Bertz CT molecular complexity index is 836. The maximum absolute atomic E-state index is 5.65. The van der Waals surface area contributed by atoms with Gasteiger partial charge in [-0.25, -0.2) is 0 Å². The zero-order valence-electron chi connectivity index (χ0n) is 22.5. The maximum atomic E-state index is 5.65. The van der Waals surface area contributed by atoms with Gasteiger partial charge in [-0.15, -0.1) is 0 Å². The molecule has 1 N–H and O–H groups in total. The van der Waals surface area contributed by atoms with Crippen LogP contribution < -0.4 is 24.5 Å². The number of allylic oxidation sites excluding steroid dienone is 7. The molecule has 0 spiro atoms. The number of hydroxylamine groups is 1. The molecule has 190 valence electrons. The number of rotatable bonds is 16. The molecule has 0 saturated carbocycles. The first-order chi connectivity index (χ1) is 16.3. The quantitative estimate of drug-likeness (QED) is 0.152. The van der Waals surface area contributed by atoms with Crippen LogP contribution in [0, 0.1) is 0 Å². The van der Waals surface area contributed by atoms with Crippen molar-refractivity contribution in [1.29, 1.82) is 0 Å². The Kier molecular flexibility index (Phi) is 14.6. The molecule has 0 bridgehead atoms. The number of ether oxygens (including phenoxy) is 3. The molecule has 1 rings (SSSR count). The van der Waals surface area contributed by atoms with Gasteiger partial charge in [0.05, 0.1) is 21.3 Å². The van der Waals surface area contributed by atoms with Gasteiger partial charge in [-0.2, -0.15) is 5.48 Å². The fourth-order valence-electron chi connectivity index (χ4n) is 3.44. The normalized spacial score (nSPS) is 12.4. The Labute approximate surface area is 207 Å². The van der Waals surface area contributed by atoms with E-state index in [1.807, 2.05) is 0 Å². The Balaban J connectivity index is 2.37. The molecule has 5 heteroatoms. The number of methoxy groups -OCH3 is 3. The van der Waals surface area contributed by atoms with E-state index in [0.717, 1.165) is 38.5 Å². The summed E-state index contributed by atoms with van der Waals surface area (Å²) in [5.74, 6) is 2.26. The fraction of sp³-hybridized carbons (Fsp3) is 0.517. The molecule has 0 aliphatic carbocycles. The highest BCUT2D eigenvalue weighted by Crippen LogP contribution is 2.40. The summed E-state index contributed by atoms with van der Waals surface area (Å²) in [6, 6.07) is 3.52. The summed E-state index contributed by atoms with van der Waals surface area (Å²) in [5, 5.41) is 0. The third-order valence-electron chi connectivity index (χ3n) is 5.52. The molecule has 0 unspecified atom stereocenters. The molecule has 0 aliphatic heterocycles. The molecule has 0 radical (unpaired) electrons. The molecule has 34 heavy (non-hydrogen) atoms. The lowest BCUT2D eigenvalue weighted by atomic mass is 10.0. The van der Waals surface area contributed by atoms with Crippen LogP contribution in [0.4, 0.5) is 0 Å². The van der Waals surface area contributed by atoms with Crippen LogP contribution in [0.2, 0.25) is 0 Å². The van der Waals surface area contributed by atoms with Crippen molar-refractivity contribution in [2.75, 3.05) is 27.9 Å². The summed E-state index contributed by atoms with van der Waals surface area (Å²) < 4.78 is 16.0. The first-order valence-electron chi connectivity index (χ1n) is 12.1. The minimum absolute atomic E-state index is 0.544. The molecular formula is C29H45NO4. The van der Waals surface area contributed by atoms with E-state index in [-0.39, 0.29) is 0 Å². The second-order valence-electron chi connectivity index (χ2n) is 8.86. The number of benzene rings is 1. The van der Waals surface area contributed by atoms with Gasteiger partial charge >= 0.3 is 0 Å². The average Bonchev–Trinajstić information content (AvgIpc) is 2.80. The van der Waals surface area contributed by atoms with E-state index in [2.05, 4.69) is 64.4 Å². The zero-order chi connectivity index (χ0) is 25.3. The van der Waals surface area contributed by atoms with Crippen molar-refractivity contribution in [2.45, 2.75) is 73.1 Å². The molecule has 5 nitrogen and oxygen atoms in total. The van der Waals surface area contributed by atoms with E-state index in [1.165, 1.54) is 22.3 Å². The van der Waals surface area contributed by atoms with Crippen LogP contribution in [0.5, 0.6) is 23.0 Å². The average molecular weight is 472 g/mol. The molecule has 0 aromatic heterocycles. The van der Waals surface area contributed by atoms with Crippen LogP contribution in [0.15, 0.2) is 58.7 Å². The SMILES string of the molecule is COc1cc(ONC/C=C(\C)CC/C=C(\C)CC/C=C(\C)CCC=C(C)C)cc(OC)c1OC. The van der Waals surface area contributed by atoms with Crippen LogP contribution in [-0.2, 0) is 0 Å². The Morgan fingerprint density at radius 3 is 1.59 bits per heavy atom. The molecule has 0 atom stereocenters. The highest BCUT2D eigenvalue weighted by Gasteiger charge is 2.13. The molecule has 1 aromatic rings. The van der Waals surface area contributed by atoms with Crippen molar-refractivity contribution in [1.82, 2.24) is 5.48 Å². The second-order valence-corrected chi connectivity index (χ2v) is 8.86. The topological polar surface area (TPSA) is 49.0 Å². The van der Waals surface area contributed by atoms with E-state index in [0.29, 0.717) is 29.5 Å².